The Labute approximate surface area is 121 Å². The van der Waals surface area contributed by atoms with Gasteiger partial charge in [0, 0.05) is 17.1 Å². The van der Waals surface area contributed by atoms with Crippen LogP contribution in [0.4, 0.5) is 0 Å². The standard InChI is InChI=1S/C16H21N.Fe/c1-13(14-8-4-5-9-14)12-16(17(2)3)15-10-6-7-11-15;/h4-11,13,16H,12H2,1-3H3;/q-2;/p+1. The maximum atomic E-state index is 2.33. The van der Waals surface area contributed by atoms with Crippen LogP contribution in [0.2, 0.25) is 0 Å². The molecule has 0 aliphatic rings. The average Bonchev–Trinajstić information content (AvgIpc) is 2.97. The molecule has 1 N–H and O–H groups in total. The van der Waals surface area contributed by atoms with Crippen LogP contribution in [0.25, 0.3) is 0 Å². The van der Waals surface area contributed by atoms with Gasteiger partial charge in [0.25, 0.3) is 0 Å². The molecule has 2 atom stereocenters. The topological polar surface area (TPSA) is 4.44 Å². The van der Waals surface area contributed by atoms with Gasteiger partial charge in [-0.05, 0) is 6.42 Å². The molecule has 18 heavy (non-hydrogen) atoms. The minimum absolute atomic E-state index is 0. The van der Waals surface area contributed by atoms with Crippen molar-refractivity contribution in [3.63, 3.8) is 0 Å². The van der Waals surface area contributed by atoms with Crippen molar-refractivity contribution in [2.24, 2.45) is 0 Å². The summed E-state index contributed by atoms with van der Waals surface area (Å²) in [5.41, 5.74) is 2.92. The summed E-state index contributed by atoms with van der Waals surface area (Å²) in [7, 11) is 4.49. The van der Waals surface area contributed by atoms with Crippen molar-refractivity contribution in [1.29, 1.82) is 0 Å². The maximum absolute atomic E-state index is 2.33. The molecule has 1 nitrogen and oxygen atoms in total. The summed E-state index contributed by atoms with van der Waals surface area (Å²) in [4.78, 5) is 1.51. The Hall–Kier alpha value is -0.821. The molecule has 100 valence electrons. The van der Waals surface area contributed by atoms with E-state index in [0.717, 1.165) is 0 Å². The maximum Gasteiger partial charge on any atom is 0.0690 e. The second kappa shape index (κ2) is 6.94. The van der Waals surface area contributed by atoms with Crippen molar-refractivity contribution in [1.82, 2.24) is 0 Å². The Kier molecular flexibility index (Phi) is 5.87. The van der Waals surface area contributed by atoms with Gasteiger partial charge in [0.2, 0.25) is 0 Å². The fraction of sp³-hybridized carbons (Fsp3) is 0.375. The summed E-state index contributed by atoms with van der Waals surface area (Å²) in [6, 6.07) is 18.1. The first kappa shape index (κ1) is 15.2. The molecular weight excluding hydrogens is 262 g/mol. The molecule has 2 aromatic rings. The minimum Gasteiger partial charge on any atom is -0.343 e. The second-order valence-corrected chi connectivity index (χ2v) is 5.20. The van der Waals surface area contributed by atoms with Crippen molar-refractivity contribution < 1.29 is 22.0 Å². The van der Waals surface area contributed by atoms with E-state index >= 15 is 0 Å². The molecule has 2 heteroatoms. The molecule has 0 amide bonds. The van der Waals surface area contributed by atoms with E-state index in [1.807, 2.05) is 0 Å². The number of hydrogen-bond acceptors (Lipinski definition) is 0. The second-order valence-electron chi connectivity index (χ2n) is 5.20. The van der Waals surface area contributed by atoms with E-state index < -0.39 is 0 Å². The first-order valence-corrected chi connectivity index (χ1v) is 6.41. The SMILES string of the molecule is CC(CC([c-]1cccc1)[NH+](C)C)[c-]1cccc1.[Fe]. The van der Waals surface area contributed by atoms with Crippen molar-refractivity contribution >= 4 is 0 Å². The van der Waals surface area contributed by atoms with Crippen LogP contribution in [-0.2, 0) is 17.1 Å². The molecule has 0 saturated carbocycles. The Balaban J connectivity index is 0.00000162. The average molecular weight is 284 g/mol. The van der Waals surface area contributed by atoms with Crippen LogP contribution in [0, 0.1) is 0 Å². The van der Waals surface area contributed by atoms with Crippen LogP contribution in [-0.4, -0.2) is 14.1 Å². The first-order chi connectivity index (χ1) is 8.18. The van der Waals surface area contributed by atoms with Gasteiger partial charge in [0.1, 0.15) is 0 Å². The van der Waals surface area contributed by atoms with Crippen molar-refractivity contribution in [2.45, 2.75) is 25.3 Å². The molecule has 0 saturated heterocycles. The van der Waals surface area contributed by atoms with E-state index in [2.05, 4.69) is 69.6 Å². The van der Waals surface area contributed by atoms with Gasteiger partial charge in [-0.1, -0.05) is 12.8 Å². The van der Waals surface area contributed by atoms with Crippen LogP contribution < -0.4 is 4.90 Å². The van der Waals surface area contributed by atoms with Gasteiger partial charge in [-0.2, -0.15) is 29.8 Å². The third-order valence-corrected chi connectivity index (χ3v) is 3.63. The Morgan fingerprint density at radius 3 is 1.78 bits per heavy atom. The van der Waals surface area contributed by atoms with Gasteiger partial charge in [0.15, 0.2) is 0 Å². The molecule has 0 bridgehead atoms. The van der Waals surface area contributed by atoms with E-state index in [9.17, 15) is 0 Å². The van der Waals surface area contributed by atoms with Gasteiger partial charge in [-0.25, -0.2) is 24.3 Å². The molecule has 2 unspecified atom stereocenters. The van der Waals surface area contributed by atoms with E-state index in [-0.39, 0.29) is 17.1 Å². The van der Waals surface area contributed by atoms with Gasteiger partial charge in [-0.3, -0.25) is 0 Å². The quantitative estimate of drug-likeness (QED) is 0.635. The Morgan fingerprint density at radius 1 is 0.889 bits per heavy atom. The van der Waals surface area contributed by atoms with Gasteiger partial charge < -0.3 is 4.90 Å². The predicted octanol–water partition coefficient (Wildman–Crippen LogP) is 2.50. The van der Waals surface area contributed by atoms with Crippen molar-refractivity contribution in [3.05, 3.63) is 59.7 Å². The van der Waals surface area contributed by atoms with Gasteiger partial charge in [0.05, 0.1) is 20.1 Å². The fourth-order valence-corrected chi connectivity index (χ4v) is 2.53. The van der Waals surface area contributed by atoms with E-state index in [0.29, 0.717) is 12.0 Å². The predicted molar refractivity (Wildman–Crippen MR) is 72.7 cm³/mol. The smallest absolute Gasteiger partial charge is 0.0690 e. The summed E-state index contributed by atoms with van der Waals surface area (Å²) in [6.07, 6.45) is 1.20. The third kappa shape index (κ3) is 3.58. The molecule has 0 heterocycles. The molecule has 2 aromatic carbocycles. The number of quaternary nitrogens is 1. The van der Waals surface area contributed by atoms with Crippen molar-refractivity contribution in [2.75, 3.05) is 14.1 Å². The molecule has 0 radical (unpaired) electrons. The Morgan fingerprint density at radius 2 is 1.33 bits per heavy atom. The zero-order valence-electron chi connectivity index (χ0n) is 11.3. The zero-order chi connectivity index (χ0) is 12.3. The molecule has 0 aliphatic heterocycles. The van der Waals surface area contributed by atoms with E-state index in [1.165, 1.54) is 22.4 Å². The summed E-state index contributed by atoms with van der Waals surface area (Å²) < 4.78 is 0. The third-order valence-electron chi connectivity index (χ3n) is 3.63. The summed E-state index contributed by atoms with van der Waals surface area (Å²) in [5, 5.41) is 0. The van der Waals surface area contributed by atoms with Crippen LogP contribution in [0.1, 0.15) is 36.4 Å². The van der Waals surface area contributed by atoms with Gasteiger partial charge in [-0.15, -0.1) is 5.56 Å². The number of nitrogens with one attached hydrogen (secondary N) is 1. The molecule has 0 fully saturated rings. The van der Waals surface area contributed by atoms with Crippen LogP contribution in [0.5, 0.6) is 0 Å². The normalized spacial score (nSPS) is 14.2. The monoisotopic (exact) mass is 284 g/mol. The summed E-state index contributed by atoms with van der Waals surface area (Å²) >= 11 is 0. The number of hydrogen-bond donors (Lipinski definition) is 1. The molecule has 0 aromatic heterocycles. The zero-order valence-corrected chi connectivity index (χ0v) is 12.4. The summed E-state index contributed by atoms with van der Waals surface area (Å²) in [6.45, 7) is 2.33. The molecule has 0 aliphatic carbocycles. The van der Waals surface area contributed by atoms with Crippen LogP contribution >= 0.6 is 0 Å². The first-order valence-electron chi connectivity index (χ1n) is 6.41. The Bertz CT molecular complexity index is 414. The molecule has 0 spiro atoms. The molecular formula is C16H22FeN-. The van der Waals surface area contributed by atoms with Gasteiger partial charge >= 0.3 is 0 Å². The number of rotatable bonds is 5. The summed E-state index contributed by atoms with van der Waals surface area (Å²) in [5.74, 6) is 0.625. The van der Waals surface area contributed by atoms with Crippen LogP contribution in [0.3, 0.4) is 0 Å². The van der Waals surface area contributed by atoms with E-state index in [4.69, 9.17) is 0 Å². The largest absolute Gasteiger partial charge is 0.343 e. The van der Waals surface area contributed by atoms with Crippen molar-refractivity contribution in [3.8, 4) is 0 Å². The fourth-order valence-electron chi connectivity index (χ4n) is 2.53. The van der Waals surface area contributed by atoms with Crippen LogP contribution in [0.15, 0.2) is 48.5 Å². The molecule has 2 rings (SSSR count). The minimum atomic E-state index is 0. The van der Waals surface area contributed by atoms with E-state index in [1.54, 1.807) is 0 Å².